The Kier molecular flexibility index (Phi) is 5.22. The highest BCUT2D eigenvalue weighted by molar-refractivity contribution is 5.89. The van der Waals surface area contributed by atoms with Crippen molar-refractivity contribution in [1.29, 1.82) is 0 Å². The normalized spacial score (nSPS) is 18.2. The first-order valence-corrected chi connectivity index (χ1v) is 7.16. The topological polar surface area (TPSA) is 61.8 Å². The molecule has 0 radical (unpaired) electrons. The average Bonchev–Trinajstić information content (AvgIpc) is 2.45. The first kappa shape index (κ1) is 15.4. The summed E-state index contributed by atoms with van der Waals surface area (Å²) in [4.78, 5) is 13.8. The minimum atomic E-state index is -0.422. The molecule has 1 fully saturated rings. The van der Waals surface area contributed by atoms with Crippen LogP contribution >= 0.6 is 0 Å². The van der Waals surface area contributed by atoms with Gasteiger partial charge in [-0.25, -0.2) is 4.79 Å². The van der Waals surface area contributed by atoms with Crippen LogP contribution in [0.5, 0.6) is 5.75 Å². The number of hydrogen-bond donors (Lipinski definition) is 2. The fraction of sp³-hybridized carbons (Fsp3) is 0.438. The van der Waals surface area contributed by atoms with Gasteiger partial charge in [0.2, 0.25) is 0 Å². The highest BCUT2D eigenvalue weighted by atomic mass is 16.5. The molecule has 5 nitrogen and oxygen atoms in total. The number of benzene rings is 1. The number of amides is 2. The maximum atomic E-state index is 12.1. The van der Waals surface area contributed by atoms with Crippen molar-refractivity contribution in [2.45, 2.75) is 25.9 Å². The number of nitrogens with zero attached hydrogens (tertiary/aromatic N) is 1. The average molecular weight is 290 g/mol. The number of aliphatic hydroxyl groups is 1. The molecule has 0 aromatic heterocycles. The Morgan fingerprint density at radius 3 is 3.10 bits per heavy atom. The molecule has 21 heavy (non-hydrogen) atoms. The first-order valence-electron chi connectivity index (χ1n) is 7.16. The molecule has 0 saturated carbocycles. The second-order valence-electron chi connectivity index (χ2n) is 5.45. The van der Waals surface area contributed by atoms with Gasteiger partial charge in [0.15, 0.2) is 0 Å². The fourth-order valence-corrected chi connectivity index (χ4v) is 2.21. The van der Waals surface area contributed by atoms with Crippen LogP contribution in [0, 0.1) is 0 Å². The van der Waals surface area contributed by atoms with Crippen LogP contribution in [0.3, 0.4) is 0 Å². The summed E-state index contributed by atoms with van der Waals surface area (Å²) in [6.07, 6.45) is 1.17. The highest BCUT2D eigenvalue weighted by Crippen LogP contribution is 2.19. The van der Waals surface area contributed by atoms with Crippen LogP contribution in [0.15, 0.2) is 36.4 Å². The number of aliphatic hydroxyl groups excluding tert-OH is 1. The zero-order valence-corrected chi connectivity index (χ0v) is 12.3. The smallest absolute Gasteiger partial charge is 0.321 e. The summed E-state index contributed by atoms with van der Waals surface area (Å²) in [6.45, 7) is 7.20. The molecular formula is C16H22N2O3. The Labute approximate surface area is 125 Å². The number of anilines is 1. The molecule has 1 unspecified atom stereocenters. The van der Waals surface area contributed by atoms with E-state index in [2.05, 4.69) is 11.9 Å². The van der Waals surface area contributed by atoms with Crippen molar-refractivity contribution in [2.75, 3.05) is 25.0 Å². The molecule has 0 spiro atoms. The highest BCUT2D eigenvalue weighted by Gasteiger charge is 2.21. The van der Waals surface area contributed by atoms with Gasteiger partial charge in [-0.3, -0.25) is 0 Å². The quantitative estimate of drug-likeness (QED) is 0.838. The van der Waals surface area contributed by atoms with Gasteiger partial charge in [-0.1, -0.05) is 12.6 Å². The Morgan fingerprint density at radius 1 is 1.57 bits per heavy atom. The number of piperidine rings is 1. The summed E-state index contributed by atoms with van der Waals surface area (Å²) in [5.41, 5.74) is 1.62. The molecule has 2 amide bonds. The van der Waals surface area contributed by atoms with Gasteiger partial charge in [0.25, 0.3) is 0 Å². The van der Waals surface area contributed by atoms with Crippen LogP contribution in [0.25, 0.3) is 0 Å². The van der Waals surface area contributed by atoms with E-state index in [0.717, 1.165) is 18.4 Å². The second kappa shape index (κ2) is 7.13. The molecule has 1 atom stereocenters. The van der Waals surface area contributed by atoms with Gasteiger partial charge in [0.05, 0.1) is 6.10 Å². The molecular weight excluding hydrogens is 268 g/mol. The van der Waals surface area contributed by atoms with E-state index in [1.807, 2.05) is 25.1 Å². The van der Waals surface area contributed by atoms with Crippen LogP contribution < -0.4 is 10.1 Å². The van der Waals surface area contributed by atoms with Crippen molar-refractivity contribution < 1.29 is 14.6 Å². The number of rotatable bonds is 4. The molecule has 1 aromatic carbocycles. The van der Waals surface area contributed by atoms with E-state index in [0.29, 0.717) is 31.1 Å². The van der Waals surface area contributed by atoms with E-state index in [-0.39, 0.29) is 6.03 Å². The lowest BCUT2D eigenvalue weighted by atomic mass is 10.1. The number of nitrogens with one attached hydrogen (secondary N) is 1. The van der Waals surface area contributed by atoms with Gasteiger partial charge in [-0.2, -0.15) is 0 Å². The van der Waals surface area contributed by atoms with Crippen molar-refractivity contribution in [1.82, 2.24) is 4.90 Å². The number of carbonyl (C=O) groups excluding carboxylic acids is 1. The van der Waals surface area contributed by atoms with Crippen molar-refractivity contribution in [3.05, 3.63) is 36.4 Å². The standard InChI is InChI=1S/C16H22N2O3/c1-12(2)11-21-15-7-3-5-13(9-15)17-16(20)18-8-4-6-14(19)10-18/h3,5,7,9,14,19H,1,4,6,8,10-11H2,2H3,(H,17,20). The third-order valence-corrected chi connectivity index (χ3v) is 3.25. The van der Waals surface area contributed by atoms with Crippen molar-refractivity contribution in [3.8, 4) is 5.75 Å². The van der Waals surface area contributed by atoms with Gasteiger partial charge in [-0.15, -0.1) is 0 Å². The number of ether oxygens (including phenoxy) is 1. The molecule has 5 heteroatoms. The minimum Gasteiger partial charge on any atom is -0.489 e. The molecule has 2 rings (SSSR count). The van der Waals surface area contributed by atoms with E-state index in [1.165, 1.54) is 0 Å². The lowest BCUT2D eigenvalue weighted by Crippen LogP contribution is -2.44. The molecule has 0 bridgehead atoms. The summed E-state index contributed by atoms with van der Waals surface area (Å²) in [5, 5.41) is 12.4. The molecule has 1 aliphatic heterocycles. The monoisotopic (exact) mass is 290 g/mol. The van der Waals surface area contributed by atoms with E-state index in [9.17, 15) is 9.90 Å². The molecule has 114 valence electrons. The third-order valence-electron chi connectivity index (χ3n) is 3.25. The van der Waals surface area contributed by atoms with Crippen molar-refractivity contribution in [2.24, 2.45) is 0 Å². The molecule has 0 aliphatic carbocycles. The van der Waals surface area contributed by atoms with Crippen LogP contribution in [0.2, 0.25) is 0 Å². The summed E-state index contributed by atoms with van der Waals surface area (Å²) in [7, 11) is 0. The Hall–Kier alpha value is -2.01. The fourth-order valence-electron chi connectivity index (χ4n) is 2.21. The third kappa shape index (κ3) is 4.79. The molecule has 1 saturated heterocycles. The van der Waals surface area contributed by atoms with Crippen molar-refractivity contribution >= 4 is 11.7 Å². The van der Waals surface area contributed by atoms with E-state index < -0.39 is 6.10 Å². The lowest BCUT2D eigenvalue weighted by molar-refractivity contribution is 0.0883. The van der Waals surface area contributed by atoms with Gasteiger partial charge >= 0.3 is 6.03 Å². The number of urea groups is 1. The second-order valence-corrected chi connectivity index (χ2v) is 5.45. The predicted octanol–water partition coefficient (Wildman–Crippen LogP) is 2.63. The maximum absolute atomic E-state index is 12.1. The van der Waals surface area contributed by atoms with E-state index >= 15 is 0 Å². The lowest BCUT2D eigenvalue weighted by Gasteiger charge is -2.30. The predicted molar refractivity (Wildman–Crippen MR) is 82.6 cm³/mol. The maximum Gasteiger partial charge on any atom is 0.321 e. The largest absolute Gasteiger partial charge is 0.489 e. The molecule has 1 aromatic rings. The Balaban J connectivity index is 1.94. The first-order chi connectivity index (χ1) is 10.0. The van der Waals surface area contributed by atoms with E-state index in [1.54, 1.807) is 11.0 Å². The molecule has 1 aliphatic rings. The minimum absolute atomic E-state index is 0.189. The summed E-state index contributed by atoms with van der Waals surface area (Å²) in [6, 6.07) is 7.07. The number of β-amino-alcohol motifs (C(OH)–C–C–N with tert-alkyl or cyclic N) is 1. The van der Waals surface area contributed by atoms with E-state index in [4.69, 9.17) is 4.74 Å². The Morgan fingerprint density at radius 2 is 2.38 bits per heavy atom. The van der Waals surface area contributed by atoms with Gasteiger partial charge in [-0.05, 0) is 37.5 Å². The number of likely N-dealkylation sites (tertiary alicyclic amines) is 1. The van der Waals surface area contributed by atoms with Crippen LogP contribution in [-0.2, 0) is 0 Å². The van der Waals surface area contributed by atoms with Crippen LogP contribution in [-0.4, -0.2) is 41.8 Å². The summed E-state index contributed by atoms with van der Waals surface area (Å²) < 4.78 is 5.55. The Bertz CT molecular complexity index is 516. The zero-order chi connectivity index (χ0) is 15.2. The zero-order valence-electron chi connectivity index (χ0n) is 12.3. The van der Waals surface area contributed by atoms with Gasteiger partial charge < -0.3 is 20.1 Å². The molecule has 1 heterocycles. The van der Waals surface area contributed by atoms with Gasteiger partial charge in [0.1, 0.15) is 12.4 Å². The summed E-state index contributed by atoms with van der Waals surface area (Å²) >= 11 is 0. The SMILES string of the molecule is C=C(C)COc1cccc(NC(=O)N2CCCC(O)C2)c1. The van der Waals surface area contributed by atoms with Crippen LogP contribution in [0.1, 0.15) is 19.8 Å². The number of hydrogen-bond acceptors (Lipinski definition) is 3. The van der Waals surface area contributed by atoms with Crippen LogP contribution in [0.4, 0.5) is 10.5 Å². The molecule has 2 N–H and O–H groups in total. The summed E-state index contributed by atoms with van der Waals surface area (Å²) in [5.74, 6) is 0.689. The van der Waals surface area contributed by atoms with Gasteiger partial charge in [0, 0.05) is 24.8 Å². The van der Waals surface area contributed by atoms with Crippen molar-refractivity contribution in [3.63, 3.8) is 0 Å². The number of carbonyl (C=O) groups is 1.